The Labute approximate surface area is 160 Å². The number of sulfone groups is 1. The van der Waals surface area contributed by atoms with Crippen LogP contribution in [-0.2, 0) is 14.6 Å². The fourth-order valence-electron chi connectivity index (χ4n) is 4.13. The average Bonchev–Trinajstić information content (AvgIpc) is 3.17. The molecule has 1 N–H and O–H groups in total. The van der Waals surface area contributed by atoms with Crippen LogP contribution in [0.25, 0.3) is 0 Å². The molecule has 0 bridgehead atoms. The van der Waals surface area contributed by atoms with E-state index in [1.165, 1.54) is 0 Å². The van der Waals surface area contributed by atoms with Crippen molar-refractivity contribution in [2.75, 3.05) is 38.8 Å². The quantitative estimate of drug-likeness (QED) is 0.785. The van der Waals surface area contributed by atoms with Crippen molar-refractivity contribution in [3.63, 3.8) is 0 Å². The minimum Gasteiger partial charge on any atom is -0.497 e. The molecule has 1 aromatic carbocycles. The fraction of sp³-hybridized carbons (Fsp3) is 0.632. The summed E-state index contributed by atoms with van der Waals surface area (Å²) in [5.74, 6) is 1.50. The zero-order chi connectivity index (χ0) is 19.7. The zero-order valence-corrected chi connectivity index (χ0v) is 17.0. The van der Waals surface area contributed by atoms with Gasteiger partial charge in [-0.3, -0.25) is 9.69 Å². The van der Waals surface area contributed by atoms with Crippen molar-refractivity contribution < 1.29 is 22.7 Å². The van der Waals surface area contributed by atoms with E-state index >= 15 is 0 Å². The van der Waals surface area contributed by atoms with Crippen LogP contribution in [0.5, 0.6) is 11.5 Å². The van der Waals surface area contributed by atoms with Gasteiger partial charge in [-0.2, -0.15) is 0 Å². The maximum atomic E-state index is 12.6. The Morgan fingerprint density at radius 2 is 2.11 bits per heavy atom. The lowest BCUT2D eigenvalue weighted by molar-refractivity contribution is -0.124. The second-order valence-electron chi connectivity index (χ2n) is 7.69. The molecule has 150 valence electrons. The molecule has 2 aliphatic rings. The number of methoxy groups -OCH3 is 2. The minimum atomic E-state index is -3.05. The summed E-state index contributed by atoms with van der Waals surface area (Å²) in [4.78, 5) is 14.7. The first-order valence-electron chi connectivity index (χ1n) is 9.23. The molecule has 0 aromatic heterocycles. The summed E-state index contributed by atoms with van der Waals surface area (Å²) in [5.41, 5.74) is 0.376. The number of hydrogen-bond acceptors (Lipinski definition) is 6. The van der Waals surface area contributed by atoms with Crippen molar-refractivity contribution in [1.82, 2.24) is 10.2 Å². The van der Waals surface area contributed by atoms with E-state index in [2.05, 4.69) is 10.2 Å². The molecule has 2 fully saturated rings. The normalized spacial score (nSPS) is 27.4. The number of likely N-dealkylation sites (tertiary alicyclic amines) is 1. The number of carbonyl (C=O) groups excluding carboxylic acids is 1. The highest BCUT2D eigenvalue weighted by Crippen LogP contribution is 2.38. The molecule has 27 heavy (non-hydrogen) atoms. The van der Waals surface area contributed by atoms with Crippen LogP contribution in [-0.4, -0.2) is 63.6 Å². The van der Waals surface area contributed by atoms with Crippen LogP contribution in [0.2, 0.25) is 0 Å². The fourth-order valence-corrected chi connectivity index (χ4v) is 6.22. The molecule has 0 saturated carbocycles. The van der Waals surface area contributed by atoms with Gasteiger partial charge in [0, 0.05) is 17.7 Å². The third kappa shape index (κ3) is 4.55. The van der Waals surface area contributed by atoms with Gasteiger partial charge in [0.15, 0.2) is 9.84 Å². The molecule has 0 aliphatic carbocycles. The third-order valence-electron chi connectivity index (χ3n) is 5.45. The molecular weight excluding hydrogens is 368 g/mol. The van der Waals surface area contributed by atoms with Crippen LogP contribution in [0.15, 0.2) is 18.2 Å². The number of carbonyl (C=O) groups is 1. The lowest BCUT2D eigenvalue weighted by Gasteiger charge is -2.29. The van der Waals surface area contributed by atoms with E-state index in [1.54, 1.807) is 14.2 Å². The van der Waals surface area contributed by atoms with E-state index in [4.69, 9.17) is 9.47 Å². The van der Waals surface area contributed by atoms with Gasteiger partial charge in [0.1, 0.15) is 11.5 Å². The number of rotatable bonds is 6. The van der Waals surface area contributed by atoms with Crippen molar-refractivity contribution in [2.24, 2.45) is 0 Å². The molecule has 1 aromatic rings. The molecule has 0 radical (unpaired) electrons. The molecule has 2 atom stereocenters. The van der Waals surface area contributed by atoms with Crippen LogP contribution in [0.1, 0.15) is 37.8 Å². The van der Waals surface area contributed by atoms with E-state index < -0.39 is 15.4 Å². The molecule has 2 aliphatic heterocycles. The SMILES string of the molecule is COc1ccc([C@H]2CCCN2CC(=O)N[C@@]2(C)CCS(=O)(=O)C2)c(OC)c1. The summed E-state index contributed by atoms with van der Waals surface area (Å²) in [6.45, 7) is 2.88. The molecule has 2 saturated heterocycles. The summed E-state index contributed by atoms with van der Waals surface area (Å²) < 4.78 is 34.3. The van der Waals surface area contributed by atoms with Gasteiger partial charge in [0.2, 0.25) is 5.91 Å². The van der Waals surface area contributed by atoms with Gasteiger partial charge in [-0.15, -0.1) is 0 Å². The first-order valence-corrected chi connectivity index (χ1v) is 11.0. The Bertz CT molecular complexity index is 810. The van der Waals surface area contributed by atoms with E-state index in [0.29, 0.717) is 6.42 Å². The van der Waals surface area contributed by atoms with Crippen LogP contribution in [0, 0.1) is 0 Å². The summed E-state index contributed by atoms with van der Waals surface area (Å²) in [6, 6.07) is 5.84. The molecule has 7 nitrogen and oxygen atoms in total. The Balaban J connectivity index is 1.69. The molecule has 3 rings (SSSR count). The van der Waals surface area contributed by atoms with Gasteiger partial charge < -0.3 is 14.8 Å². The van der Waals surface area contributed by atoms with Gasteiger partial charge in [0.05, 0.1) is 37.8 Å². The monoisotopic (exact) mass is 396 g/mol. The summed E-state index contributed by atoms with van der Waals surface area (Å²) in [5, 5.41) is 2.95. The van der Waals surface area contributed by atoms with Crippen molar-refractivity contribution in [3.05, 3.63) is 23.8 Å². The molecule has 8 heteroatoms. The van der Waals surface area contributed by atoms with Gasteiger partial charge in [-0.05, 0) is 38.8 Å². The average molecular weight is 397 g/mol. The summed E-state index contributed by atoms with van der Waals surface area (Å²) in [7, 11) is 0.193. The number of amides is 1. The molecule has 1 amide bonds. The highest BCUT2D eigenvalue weighted by atomic mass is 32.2. The largest absolute Gasteiger partial charge is 0.497 e. The maximum absolute atomic E-state index is 12.6. The second-order valence-corrected chi connectivity index (χ2v) is 9.87. The van der Waals surface area contributed by atoms with E-state index in [-0.39, 0.29) is 30.0 Å². The summed E-state index contributed by atoms with van der Waals surface area (Å²) in [6.07, 6.45) is 2.41. The van der Waals surface area contributed by atoms with E-state index in [0.717, 1.165) is 36.4 Å². The summed E-state index contributed by atoms with van der Waals surface area (Å²) >= 11 is 0. The highest BCUT2D eigenvalue weighted by molar-refractivity contribution is 7.91. The molecule has 2 heterocycles. The Morgan fingerprint density at radius 1 is 1.33 bits per heavy atom. The number of benzene rings is 1. The molecular formula is C19H28N2O5S. The highest BCUT2D eigenvalue weighted by Gasteiger charge is 2.40. The minimum absolute atomic E-state index is 0.0153. The van der Waals surface area contributed by atoms with Crippen LogP contribution in [0.3, 0.4) is 0 Å². The Hall–Kier alpha value is -1.80. The molecule has 0 spiro atoms. The number of nitrogens with zero attached hydrogens (tertiary/aromatic N) is 1. The Kier molecular flexibility index (Phi) is 5.67. The Morgan fingerprint density at radius 3 is 2.74 bits per heavy atom. The third-order valence-corrected chi connectivity index (χ3v) is 7.36. The van der Waals surface area contributed by atoms with Crippen molar-refractivity contribution in [3.8, 4) is 11.5 Å². The van der Waals surface area contributed by atoms with Crippen molar-refractivity contribution >= 4 is 15.7 Å². The molecule has 0 unspecified atom stereocenters. The zero-order valence-electron chi connectivity index (χ0n) is 16.2. The predicted molar refractivity (Wildman–Crippen MR) is 103 cm³/mol. The first kappa shape index (κ1) is 19.9. The van der Waals surface area contributed by atoms with Crippen LogP contribution in [0.4, 0.5) is 0 Å². The smallest absolute Gasteiger partial charge is 0.234 e. The topological polar surface area (TPSA) is 84.9 Å². The van der Waals surface area contributed by atoms with Crippen LogP contribution >= 0.6 is 0 Å². The standard InChI is InChI=1S/C19H28N2O5S/c1-19(8-10-27(23,24)13-19)20-18(22)12-21-9-4-5-16(21)15-7-6-14(25-2)11-17(15)26-3/h6-7,11,16H,4-5,8-10,12-13H2,1-3H3,(H,20,22)/t16-,19+/m1/s1. The van der Waals surface area contributed by atoms with Gasteiger partial charge >= 0.3 is 0 Å². The van der Waals surface area contributed by atoms with Crippen molar-refractivity contribution in [2.45, 2.75) is 37.8 Å². The number of nitrogens with one attached hydrogen (secondary N) is 1. The number of hydrogen-bond donors (Lipinski definition) is 1. The first-order chi connectivity index (χ1) is 12.8. The number of ether oxygens (including phenoxy) is 2. The van der Waals surface area contributed by atoms with Gasteiger partial charge in [-0.1, -0.05) is 6.07 Å². The predicted octanol–water partition coefficient (Wildman–Crippen LogP) is 1.53. The van der Waals surface area contributed by atoms with E-state index in [1.807, 2.05) is 25.1 Å². The second kappa shape index (κ2) is 7.67. The lowest BCUT2D eigenvalue weighted by Crippen LogP contribution is -2.50. The van der Waals surface area contributed by atoms with E-state index in [9.17, 15) is 13.2 Å². The van der Waals surface area contributed by atoms with Crippen LogP contribution < -0.4 is 14.8 Å². The van der Waals surface area contributed by atoms with Gasteiger partial charge in [0.25, 0.3) is 0 Å². The lowest BCUT2D eigenvalue weighted by atomic mass is 10.0. The maximum Gasteiger partial charge on any atom is 0.234 e. The van der Waals surface area contributed by atoms with Crippen molar-refractivity contribution in [1.29, 1.82) is 0 Å². The van der Waals surface area contributed by atoms with Gasteiger partial charge in [-0.25, -0.2) is 8.42 Å².